The maximum atomic E-state index is 13.2. The Bertz CT molecular complexity index is 670. The Hall–Kier alpha value is -1.46. The highest BCUT2D eigenvalue weighted by molar-refractivity contribution is 14.0. The third-order valence-electron chi connectivity index (χ3n) is 4.87. The summed E-state index contributed by atoms with van der Waals surface area (Å²) in [5, 5.41) is 6.17. The number of nitrogens with zero attached hydrogens (tertiary/aromatic N) is 2. The van der Waals surface area contributed by atoms with Crippen molar-refractivity contribution in [2.24, 2.45) is 4.99 Å². The summed E-state index contributed by atoms with van der Waals surface area (Å²) in [5.74, 6) is 0.409. The van der Waals surface area contributed by atoms with Crippen molar-refractivity contribution in [2.45, 2.75) is 38.7 Å². The predicted molar refractivity (Wildman–Crippen MR) is 132 cm³/mol. The van der Waals surface area contributed by atoms with E-state index in [4.69, 9.17) is 9.47 Å². The first-order chi connectivity index (χ1) is 14.6. The van der Waals surface area contributed by atoms with E-state index >= 15 is 0 Å². The van der Waals surface area contributed by atoms with Crippen LogP contribution >= 0.6 is 24.0 Å². The van der Waals surface area contributed by atoms with Gasteiger partial charge in [-0.3, -0.25) is 9.79 Å². The SMILES string of the molecule is CCNC(=NCCNC(=O)Cc1cccc(F)c1)N1CCC(OCCCOC)CC1.I. The lowest BCUT2D eigenvalue weighted by Gasteiger charge is -2.34. The Labute approximate surface area is 202 Å². The van der Waals surface area contributed by atoms with Gasteiger partial charge in [-0.25, -0.2) is 4.39 Å². The lowest BCUT2D eigenvalue weighted by atomic mass is 10.1. The molecule has 1 heterocycles. The largest absolute Gasteiger partial charge is 0.385 e. The molecule has 2 N–H and O–H groups in total. The van der Waals surface area contributed by atoms with Gasteiger partial charge in [-0.2, -0.15) is 0 Å². The first-order valence-electron chi connectivity index (χ1n) is 10.8. The third kappa shape index (κ3) is 11.1. The normalized spacial score (nSPS) is 14.8. The van der Waals surface area contributed by atoms with Gasteiger partial charge in [-0.15, -0.1) is 24.0 Å². The Morgan fingerprint density at radius 2 is 2.03 bits per heavy atom. The van der Waals surface area contributed by atoms with Crippen LogP contribution in [0.15, 0.2) is 29.3 Å². The van der Waals surface area contributed by atoms with Crippen molar-refractivity contribution >= 4 is 35.8 Å². The minimum absolute atomic E-state index is 0. The Balaban J connectivity index is 0.00000480. The van der Waals surface area contributed by atoms with Crippen LogP contribution in [0.2, 0.25) is 0 Å². The summed E-state index contributed by atoms with van der Waals surface area (Å²) in [5.41, 5.74) is 0.664. The molecule has 176 valence electrons. The molecule has 9 heteroatoms. The van der Waals surface area contributed by atoms with Gasteiger partial charge in [0, 0.05) is 46.5 Å². The van der Waals surface area contributed by atoms with E-state index in [0.29, 0.717) is 24.8 Å². The van der Waals surface area contributed by atoms with E-state index in [0.717, 1.165) is 58.1 Å². The zero-order chi connectivity index (χ0) is 21.6. The molecule has 0 atom stereocenters. The molecule has 1 amide bonds. The lowest BCUT2D eigenvalue weighted by molar-refractivity contribution is -0.120. The van der Waals surface area contributed by atoms with E-state index in [1.54, 1.807) is 19.2 Å². The summed E-state index contributed by atoms with van der Waals surface area (Å²) in [6.07, 6.45) is 3.33. The number of halogens is 2. The van der Waals surface area contributed by atoms with Gasteiger partial charge in [0.2, 0.25) is 5.91 Å². The maximum absolute atomic E-state index is 13.2. The molecule has 0 bridgehead atoms. The fourth-order valence-corrected chi connectivity index (χ4v) is 3.37. The highest BCUT2D eigenvalue weighted by Crippen LogP contribution is 2.14. The average Bonchev–Trinajstić information content (AvgIpc) is 2.74. The van der Waals surface area contributed by atoms with Gasteiger partial charge in [0.15, 0.2) is 5.96 Å². The van der Waals surface area contributed by atoms with Gasteiger partial charge in [-0.1, -0.05) is 12.1 Å². The first-order valence-corrected chi connectivity index (χ1v) is 10.8. The second kappa shape index (κ2) is 16.2. The summed E-state index contributed by atoms with van der Waals surface area (Å²) in [6.45, 7) is 7.03. The minimum atomic E-state index is -0.329. The van der Waals surface area contributed by atoms with Crippen molar-refractivity contribution in [2.75, 3.05) is 53.0 Å². The number of piperidine rings is 1. The van der Waals surface area contributed by atoms with Crippen LogP contribution in [-0.4, -0.2) is 75.9 Å². The summed E-state index contributed by atoms with van der Waals surface area (Å²) >= 11 is 0. The van der Waals surface area contributed by atoms with Crippen LogP contribution in [0.3, 0.4) is 0 Å². The molecule has 0 unspecified atom stereocenters. The monoisotopic (exact) mass is 550 g/mol. The van der Waals surface area contributed by atoms with E-state index in [1.807, 2.05) is 6.92 Å². The predicted octanol–water partition coefficient (Wildman–Crippen LogP) is 2.59. The molecule has 0 aromatic heterocycles. The maximum Gasteiger partial charge on any atom is 0.224 e. The van der Waals surface area contributed by atoms with Crippen LogP contribution < -0.4 is 10.6 Å². The number of guanidine groups is 1. The molecule has 1 aromatic carbocycles. The first kappa shape index (κ1) is 27.6. The lowest BCUT2D eigenvalue weighted by Crippen LogP contribution is -2.47. The smallest absolute Gasteiger partial charge is 0.224 e. The quantitative estimate of drug-likeness (QED) is 0.192. The zero-order valence-electron chi connectivity index (χ0n) is 18.6. The minimum Gasteiger partial charge on any atom is -0.385 e. The van der Waals surface area contributed by atoms with Gasteiger partial charge in [0.25, 0.3) is 0 Å². The molecule has 1 aromatic rings. The highest BCUT2D eigenvalue weighted by atomic mass is 127. The van der Waals surface area contributed by atoms with Crippen molar-refractivity contribution in [3.63, 3.8) is 0 Å². The molecular weight excluding hydrogens is 514 g/mol. The molecule has 7 nitrogen and oxygen atoms in total. The molecule has 0 saturated carbocycles. The number of nitrogens with one attached hydrogen (secondary N) is 2. The molecule has 1 aliphatic heterocycles. The van der Waals surface area contributed by atoms with Crippen LogP contribution in [-0.2, 0) is 20.7 Å². The number of likely N-dealkylation sites (tertiary alicyclic amines) is 1. The van der Waals surface area contributed by atoms with Crippen LogP contribution in [0, 0.1) is 5.82 Å². The van der Waals surface area contributed by atoms with Crippen molar-refractivity contribution < 1.29 is 18.7 Å². The average molecular weight is 550 g/mol. The Kier molecular flexibility index (Phi) is 14.4. The Morgan fingerprint density at radius 1 is 1.26 bits per heavy atom. The number of methoxy groups -OCH3 is 1. The molecule has 0 spiro atoms. The number of amides is 1. The number of carbonyl (C=O) groups excluding carboxylic acids is 1. The van der Waals surface area contributed by atoms with Crippen LogP contribution in [0.25, 0.3) is 0 Å². The molecule has 1 aliphatic rings. The van der Waals surface area contributed by atoms with E-state index < -0.39 is 0 Å². The van der Waals surface area contributed by atoms with Gasteiger partial charge < -0.3 is 25.0 Å². The fraction of sp³-hybridized carbons (Fsp3) is 0.636. The number of benzene rings is 1. The van der Waals surface area contributed by atoms with Crippen molar-refractivity contribution in [3.8, 4) is 0 Å². The number of ether oxygens (including phenoxy) is 2. The number of aliphatic imine (C=N–C) groups is 1. The number of rotatable bonds is 11. The van der Waals surface area contributed by atoms with E-state index in [9.17, 15) is 9.18 Å². The van der Waals surface area contributed by atoms with Crippen LogP contribution in [0.1, 0.15) is 31.7 Å². The molecule has 2 rings (SSSR count). The van der Waals surface area contributed by atoms with Crippen molar-refractivity contribution in [1.82, 2.24) is 15.5 Å². The standard InChI is InChI=1S/C22H35FN4O3.HI/c1-3-24-22(27-12-8-20(9-13-27)30-15-5-14-29-2)26-11-10-25-21(28)17-18-6-4-7-19(23)16-18;/h4,6-7,16,20H,3,5,8-15,17H2,1-2H3,(H,24,26)(H,25,28);1H. The summed E-state index contributed by atoms with van der Waals surface area (Å²) in [7, 11) is 1.70. The number of hydrogen-bond acceptors (Lipinski definition) is 4. The van der Waals surface area contributed by atoms with E-state index in [-0.39, 0.29) is 42.1 Å². The molecule has 1 saturated heterocycles. The summed E-state index contributed by atoms with van der Waals surface area (Å²) < 4.78 is 24.2. The van der Waals surface area contributed by atoms with Crippen LogP contribution in [0.5, 0.6) is 0 Å². The fourth-order valence-electron chi connectivity index (χ4n) is 3.37. The molecular formula is C22H36FIN4O3. The zero-order valence-corrected chi connectivity index (χ0v) is 20.9. The highest BCUT2D eigenvalue weighted by Gasteiger charge is 2.21. The summed E-state index contributed by atoms with van der Waals surface area (Å²) in [4.78, 5) is 18.9. The molecule has 0 aliphatic carbocycles. The molecule has 31 heavy (non-hydrogen) atoms. The second-order valence-electron chi connectivity index (χ2n) is 7.30. The molecule has 1 fully saturated rings. The third-order valence-corrected chi connectivity index (χ3v) is 4.87. The molecule has 0 radical (unpaired) electrons. The summed E-state index contributed by atoms with van der Waals surface area (Å²) in [6, 6.07) is 6.11. The van der Waals surface area contributed by atoms with E-state index in [2.05, 4.69) is 20.5 Å². The van der Waals surface area contributed by atoms with Gasteiger partial charge in [-0.05, 0) is 43.9 Å². The topological polar surface area (TPSA) is 75.2 Å². The van der Waals surface area contributed by atoms with E-state index in [1.165, 1.54) is 12.1 Å². The second-order valence-corrected chi connectivity index (χ2v) is 7.30. The van der Waals surface area contributed by atoms with Gasteiger partial charge >= 0.3 is 0 Å². The number of carbonyl (C=O) groups is 1. The van der Waals surface area contributed by atoms with Crippen molar-refractivity contribution in [3.05, 3.63) is 35.6 Å². The van der Waals surface area contributed by atoms with Gasteiger partial charge in [0.05, 0.1) is 19.1 Å². The van der Waals surface area contributed by atoms with Crippen LogP contribution in [0.4, 0.5) is 4.39 Å². The Morgan fingerprint density at radius 3 is 2.71 bits per heavy atom. The van der Waals surface area contributed by atoms with Crippen molar-refractivity contribution in [1.29, 1.82) is 0 Å². The van der Waals surface area contributed by atoms with Gasteiger partial charge in [0.1, 0.15) is 5.82 Å². The number of hydrogen-bond donors (Lipinski definition) is 2.